The van der Waals surface area contributed by atoms with Crippen LogP contribution in [0.5, 0.6) is 0 Å². The molecule has 7 heteroatoms. The molecule has 156 valence electrons. The van der Waals surface area contributed by atoms with E-state index in [0.717, 1.165) is 25.7 Å². The number of rotatable bonds is 7. The molecule has 1 atom stereocenters. The van der Waals surface area contributed by atoms with Crippen LogP contribution < -0.4 is 10.7 Å². The predicted octanol–water partition coefficient (Wildman–Crippen LogP) is 2.89. The molecule has 3 heterocycles. The van der Waals surface area contributed by atoms with Crippen molar-refractivity contribution in [1.82, 2.24) is 14.8 Å². The van der Waals surface area contributed by atoms with Crippen molar-refractivity contribution in [3.8, 4) is 0 Å². The van der Waals surface area contributed by atoms with Crippen LogP contribution in [0.25, 0.3) is 0 Å². The summed E-state index contributed by atoms with van der Waals surface area (Å²) in [6.07, 6.45) is 8.37. The average Bonchev–Trinajstić information content (AvgIpc) is 3.21. The molecule has 7 nitrogen and oxygen atoms in total. The normalized spacial score (nSPS) is 16.6. The molecule has 0 spiro atoms. The van der Waals surface area contributed by atoms with Crippen molar-refractivity contribution in [3.63, 3.8) is 0 Å². The number of unbranched alkanes of at least 4 members (excludes halogenated alkanes) is 1. The minimum absolute atomic E-state index is 0.0106. The third-order valence-corrected chi connectivity index (χ3v) is 5.23. The first kappa shape index (κ1) is 20.9. The molecule has 0 radical (unpaired) electrons. The molecule has 3 rings (SSSR count). The first-order chi connectivity index (χ1) is 14.0. The first-order valence-electron chi connectivity index (χ1n) is 10.3. The van der Waals surface area contributed by atoms with Crippen LogP contribution in [0.4, 0.5) is 0 Å². The molecule has 1 unspecified atom stereocenters. The quantitative estimate of drug-likeness (QED) is 0.726. The highest BCUT2D eigenvalue weighted by molar-refractivity contribution is 5.99. The van der Waals surface area contributed by atoms with Gasteiger partial charge in [0.25, 0.3) is 11.8 Å². The van der Waals surface area contributed by atoms with Gasteiger partial charge in [-0.2, -0.15) is 0 Å². The highest BCUT2D eigenvalue weighted by atomic mass is 16.3. The Labute approximate surface area is 170 Å². The molecule has 1 saturated heterocycles. The van der Waals surface area contributed by atoms with Gasteiger partial charge in [-0.25, -0.2) is 0 Å². The summed E-state index contributed by atoms with van der Waals surface area (Å²) >= 11 is 0. The molecule has 1 N–H and O–H groups in total. The number of carbonyl (C=O) groups excluding carboxylic acids is 2. The third kappa shape index (κ3) is 5.16. The number of nitrogens with zero attached hydrogens (tertiary/aromatic N) is 2. The Morgan fingerprint density at radius 3 is 2.76 bits per heavy atom. The van der Waals surface area contributed by atoms with Crippen molar-refractivity contribution in [2.45, 2.75) is 46.1 Å². The maximum Gasteiger partial charge on any atom is 0.259 e. The van der Waals surface area contributed by atoms with Crippen LogP contribution in [0.2, 0.25) is 0 Å². The summed E-state index contributed by atoms with van der Waals surface area (Å²) < 4.78 is 7.06. The second-order valence-electron chi connectivity index (χ2n) is 7.77. The summed E-state index contributed by atoms with van der Waals surface area (Å²) in [5, 5.41) is 2.78. The summed E-state index contributed by atoms with van der Waals surface area (Å²) in [6, 6.07) is 3.59. The predicted molar refractivity (Wildman–Crippen MR) is 110 cm³/mol. The van der Waals surface area contributed by atoms with E-state index in [0.29, 0.717) is 37.9 Å². The van der Waals surface area contributed by atoms with Crippen LogP contribution in [-0.2, 0) is 6.54 Å². The van der Waals surface area contributed by atoms with Crippen molar-refractivity contribution < 1.29 is 14.0 Å². The van der Waals surface area contributed by atoms with Gasteiger partial charge in [-0.05, 0) is 37.3 Å². The number of nitrogens with one attached hydrogen (secondary N) is 1. The van der Waals surface area contributed by atoms with Crippen molar-refractivity contribution in [2.75, 3.05) is 19.6 Å². The number of piperidine rings is 1. The molecule has 2 aromatic rings. The van der Waals surface area contributed by atoms with Gasteiger partial charge in [-0.1, -0.05) is 20.3 Å². The topological polar surface area (TPSA) is 84.6 Å². The van der Waals surface area contributed by atoms with Gasteiger partial charge in [0, 0.05) is 32.0 Å². The molecule has 1 aliphatic heterocycles. The minimum Gasteiger partial charge on any atom is -0.467 e. The molecule has 0 saturated carbocycles. The molecule has 2 amide bonds. The van der Waals surface area contributed by atoms with Gasteiger partial charge in [0.05, 0.1) is 12.8 Å². The number of amides is 2. The van der Waals surface area contributed by atoms with Crippen LogP contribution in [0.1, 0.15) is 66.0 Å². The summed E-state index contributed by atoms with van der Waals surface area (Å²) in [4.78, 5) is 40.5. The fourth-order valence-electron chi connectivity index (χ4n) is 3.64. The molecule has 0 bridgehead atoms. The van der Waals surface area contributed by atoms with E-state index in [9.17, 15) is 14.4 Å². The van der Waals surface area contributed by atoms with Crippen LogP contribution in [0, 0.1) is 5.92 Å². The van der Waals surface area contributed by atoms with Crippen LogP contribution in [0.3, 0.4) is 0 Å². The summed E-state index contributed by atoms with van der Waals surface area (Å²) in [6.45, 7) is 6.22. The van der Waals surface area contributed by atoms with Gasteiger partial charge < -0.3 is 19.2 Å². The number of pyridine rings is 1. The molecule has 0 aliphatic carbocycles. The maximum absolute atomic E-state index is 13.1. The van der Waals surface area contributed by atoms with E-state index in [1.54, 1.807) is 21.8 Å². The fraction of sp³-hybridized carbons (Fsp3) is 0.500. The average molecular weight is 399 g/mol. The number of hydrogen-bond acceptors (Lipinski definition) is 4. The zero-order valence-corrected chi connectivity index (χ0v) is 17.1. The molecule has 1 aliphatic rings. The van der Waals surface area contributed by atoms with Crippen LogP contribution in [-0.4, -0.2) is 40.9 Å². The van der Waals surface area contributed by atoms with Gasteiger partial charge in [-0.3, -0.25) is 14.4 Å². The molecule has 1 fully saturated rings. The van der Waals surface area contributed by atoms with Crippen molar-refractivity contribution in [3.05, 3.63) is 57.9 Å². The smallest absolute Gasteiger partial charge is 0.259 e. The van der Waals surface area contributed by atoms with Gasteiger partial charge in [0.1, 0.15) is 16.9 Å². The number of likely N-dealkylation sites (tertiary alicyclic amines) is 1. The van der Waals surface area contributed by atoms with E-state index in [1.165, 1.54) is 12.4 Å². The summed E-state index contributed by atoms with van der Waals surface area (Å²) in [7, 11) is 0. The summed E-state index contributed by atoms with van der Waals surface area (Å²) in [5.74, 6) is 0.325. The molecular formula is C22H29N3O4. The zero-order chi connectivity index (χ0) is 20.8. The highest BCUT2D eigenvalue weighted by Crippen LogP contribution is 2.17. The maximum atomic E-state index is 13.1. The number of carbonyl (C=O) groups is 2. The monoisotopic (exact) mass is 399 g/mol. The second kappa shape index (κ2) is 9.58. The van der Waals surface area contributed by atoms with Crippen molar-refractivity contribution in [2.24, 2.45) is 5.92 Å². The van der Waals surface area contributed by atoms with Crippen LogP contribution in [0.15, 0.2) is 40.0 Å². The molecule has 29 heavy (non-hydrogen) atoms. The van der Waals surface area contributed by atoms with Gasteiger partial charge in [-0.15, -0.1) is 0 Å². The Morgan fingerprint density at radius 2 is 2.07 bits per heavy atom. The van der Waals surface area contributed by atoms with E-state index in [4.69, 9.17) is 4.42 Å². The minimum atomic E-state index is -0.516. The lowest BCUT2D eigenvalue weighted by Gasteiger charge is -2.31. The van der Waals surface area contributed by atoms with E-state index in [-0.39, 0.29) is 17.0 Å². The van der Waals surface area contributed by atoms with E-state index in [2.05, 4.69) is 12.2 Å². The number of hydrogen-bond donors (Lipinski definition) is 1. The number of furan rings is 1. The standard InChI is InChI=1S/C22H29N3O4/c1-3-4-9-23-21(27)18-14-24(13-17-8-6-11-29-17)15-19(20(18)26)22(28)25-10-5-7-16(2)12-25/h6,8,11,14-16H,3-5,7,9-10,12-13H2,1-2H3,(H,23,27). The van der Waals surface area contributed by atoms with Gasteiger partial charge in [0.2, 0.25) is 5.43 Å². The van der Waals surface area contributed by atoms with E-state index in [1.807, 2.05) is 13.0 Å². The Hall–Kier alpha value is -2.83. The van der Waals surface area contributed by atoms with E-state index >= 15 is 0 Å². The third-order valence-electron chi connectivity index (χ3n) is 5.23. The Balaban J connectivity index is 1.94. The fourth-order valence-corrected chi connectivity index (χ4v) is 3.64. The largest absolute Gasteiger partial charge is 0.467 e. The molecule has 2 aromatic heterocycles. The van der Waals surface area contributed by atoms with Crippen molar-refractivity contribution in [1.29, 1.82) is 0 Å². The lowest BCUT2D eigenvalue weighted by Crippen LogP contribution is -2.42. The SMILES string of the molecule is CCCCNC(=O)c1cn(Cc2ccco2)cc(C(=O)N2CCCC(C)C2)c1=O. The Morgan fingerprint density at radius 1 is 1.28 bits per heavy atom. The van der Waals surface area contributed by atoms with Gasteiger partial charge >= 0.3 is 0 Å². The van der Waals surface area contributed by atoms with Gasteiger partial charge in [0.15, 0.2) is 0 Å². The lowest BCUT2D eigenvalue weighted by atomic mass is 9.99. The molecular weight excluding hydrogens is 370 g/mol. The lowest BCUT2D eigenvalue weighted by molar-refractivity contribution is 0.0680. The first-order valence-corrected chi connectivity index (χ1v) is 10.3. The van der Waals surface area contributed by atoms with Crippen LogP contribution >= 0.6 is 0 Å². The highest BCUT2D eigenvalue weighted by Gasteiger charge is 2.26. The van der Waals surface area contributed by atoms with E-state index < -0.39 is 11.3 Å². The zero-order valence-electron chi connectivity index (χ0n) is 17.1. The summed E-state index contributed by atoms with van der Waals surface area (Å²) in [5.41, 5.74) is -0.490. The number of aromatic nitrogens is 1. The van der Waals surface area contributed by atoms with Crippen molar-refractivity contribution >= 4 is 11.8 Å². The second-order valence-corrected chi connectivity index (χ2v) is 7.77. The Kier molecular flexibility index (Phi) is 6.90. The Bertz CT molecular complexity index is 901. The molecule has 0 aromatic carbocycles.